The molecule has 1 aromatic carbocycles. The molecule has 0 aliphatic heterocycles. The van der Waals surface area contributed by atoms with Gasteiger partial charge in [-0.15, -0.1) is 0 Å². The molecular weight excluding hydrogens is 248 g/mol. The molecule has 0 amide bonds. The van der Waals surface area contributed by atoms with Gasteiger partial charge in [0.2, 0.25) is 11.7 Å². The van der Waals surface area contributed by atoms with Gasteiger partial charge in [0.1, 0.15) is 0 Å². The number of aromatic nitrogens is 2. The van der Waals surface area contributed by atoms with Gasteiger partial charge in [-0.2, -0.15) is 4.98 Å². The van der Waals surface area contributed by atoms with Crippen LogP contribution in [0, 0.1) is 16.0 Å². The number of nitrogens with two attached hydrogens (primary N) is 1. The van der Waals surface area contributed by atoms with Gasteiger partial charge < -0.3 is 10.3 Å². The van der Waals surface area contributed by atoms with Crippen LogP contribution in [0.25, 0.3) is 11.4 Å². The van der Waals surface area contributed by atoms with E-state index in [9.17, 15) is 10.1 Å². The molecule has 1 heterocycles. The Bertz CT molecular complexity index is 582. The first-order chi connectivity index (χ1) is 9.10. The zero-order valence-corrected chi connectivity index (χ0v) is 10.4. The average Bonchev–Trinajstić information content (AvgIpc) is 2.87. The van der Waals surface area contributed by atoms with Gasteiger partial charge in [0.25, 0.3) is 5.69 Å². The standard InChI is InChI=1S/C12H14N4O3/c1-8(7-13)5-11-14-12(15-19-11)9-3-2-4-10(6-9)16(17)18/h2-4,6,8H,5,7,13H2,1H3. The second-order valence-corrected chi connectivity index (χ2v) is 4.36. The molecule has 0 aliphatic carbocycles. The number of nitro benzene ring substituents is 1. The van der Waals surface area contributed by atoms with E-state index in [4.69, 9.17) is 10.3 Å². The number of nitro groups is 1. The highest BCUT2D eigenvalue weighted by Gasteiger charge is 2.13. The molecule has 0 aliphatic rings. The van der Waals surface area contributed by atoms with Crippen molar-refractivity contribution in [1.29, 1.82) is 0 Å². The molecule has 2 N–H and O–H groups in total. The molecule has 1 unspecified atom stereocenters. The van der Waals surface area contributed by atoms with E-state index in [1.54, 1.807) is 12.1 Å². The summed E-state index contributed by atoms with van der Waals surface area (Å²) in [7, 11) is 0. The van der Waals surface area contributed by atoms with Crippen molar-refractivity contribution in [3.8, 4) is 11.4 Å². The van der Waals surface area contributed by atoms with Crippen molar-refractivity contribution >= 4 is 5.69 Å². The van der Waals surface area contributed by atoms with Crippen LogP contribution in [0.1, 0.15) is 12.8 Å². The number of nitrogens with zero attached hydrogens (tertiary/aromatic N) is 3. The third-order valence-electron chi connectivity index (χ3n) is 2.71. The second-order valence-electron chi connectivity index (χ2n) is 4.36. The lowest BCUT2D eigenvalue weighted by Crippen LogP contribution is -2.13. The minimum atomic E-state index is -0.457. The van der Waals surface area contributed by atoms with Crippen molar-refractivity contribution in [2.24, 2.45) is 11.7 Å². The number of rotatable bonds is 5. The van der Waals surface area contributed by atoms with Gasteiger partial charge in [-0.05, 0) is 12.5 Å². The van der Waals surface area contributed by atoms with Crippen molar-refractivity contribution in [1.82, 2.24) is 10.1 Å². The third kappa shape index (κ3) is 3.14. The summed E-state index contributed by atoms with van der Waals surface area (Å²) in [4.78, 5) is 14.5. The normalized spacial score (nSPS) is 12.3. The number of hydrogen-bond donors (Lipinski definition) is 1. The summed E-state index contributed by atoms with van der Waals surface area (Å²) >= 11 is 0. The van der Waals surface area contributed by atoms with E-state index >= 15 is 0 Å². The summed E-state index contributed by atoms with van der Waals surface area (Å²) in [6, 6.07) is 6.13. The van der Waals surface area contributed by atoms with Crippen molar-refractivity contribution in [3.05, 3.63) is 40.3 Å². The molecule has 1 atom stereocenters. The van der Waals surface area contributed by atoms with Crippen LogP contribution < -0.4 is 5.73 Å². The molecule has 19 heavy (non-hydrogen) atoms. The molecule has 0 radical (unpaired) electrons. The van der Waals surface area contributed by atoms with Crippen molar-refractivity contribution in [3.63, 3.8) is 0 Å². The highest BCUT2D eigenvalue weighted by atomic mass is 16.6. The summed E-state index contributed by atoms with van der Waals surface area (Å²) in [5.74, 6) is 1.08. The third-order valence-corrected chi connectivity index (χ3v) is 2.71. The Labute approximate surface area is 109 Å². The van der Waals surface area contributed by atoms with Crippen LogP contribution in [0.3, 0.4) is 0 Å². The Morgan fingerprint density at radius 3 is 3.00 bits per heavy atom. The van der Waals surface area contributed by atoms with Gasteiger partial charge in [-0.3, -0.25) is 10.1 Å². The maximum absolute atomic E-state index is 10.7. The van der Waals surface area contributed by atoms with E-state index in [0.717, 1.165) is 0 Å². The molecule has 0 spiro atoms. The molecule has 7 nitrogen and oxygen atoms in total. The fourth-order valence-corrected chi connectivity index (χ4v) is 1.60. The van der Waals surface area contributed by atoms with E-state index in [1.165, 1.54) is 12.1 Å². The molecule has 0 saturated heterocycles. The molecule has 0 saturated carbocycles. The minimum Gasteiger partial charge on any atom is -0.339 e. The summed E-state index contributed by atoms with van der Waals surface area (Å²) in [5.41, 5.74) is 6.09. The van der Waals surface area contributed by atoms with E-state index in [2.05, 4.69) is 10.1 Å². The second kappa shape index (κ2) is 5.57. The Morgan fingerprint density at radius 2 is 2.32 bits per heavy atom. The molecule has 0 bridgehead atoms. The summed E-state index contributed by atoms with van der Waals surface area (Å²) in [5, 5.41) is 14.5. The lowest BCUT2D eigenvalue weighted by Gasteiger charge is -2.01. The van der Waals surface area contributed by atoms with E-state index in [1.807, 2.05) is 6.92 Å². The fourth-order valence-electron chi connectivity index (χ4n) is 1.60. The lowest BCUT2D eigenvalue weighted by molar-refractivity contribution is -0.384. The SMILES string of the molecule is CC(CN)Cc1nc(-c2cccc([N+](=O)[O-])c2)no1. The summed E-state index contributed by atoms with van der Waals surface area (Å²) in [6.45, 7) is 2.52. The molecule has 1 aromatic heterocycles. The molecule has 7 heteroatoms. The number of hydrogen-bond acceptors (Lipinski definition) is 6. The summed E-state index contributed by atoms with van der Waals surface area (Å²) < 4.78 is 5.11. The van der Waals surface area contributed by atoms with Gasteiger partial charge >= 0.3 is 0 Å². The number of non-ortho nitro benzene ring substituents is 1. The minimum absolute atomic E-state index is 0.000763. The summed E-state index contributed by atoms with van der Waals surface area (Å²) in [6.07, 6.45) is 0.596. The smallest absolute Gasteiger partial charge is 0.270 e. The lowest BCUT2D eigenvalue weighted by atomic mass is 10.1. The van der Waals surface area contributed by atoms with Crippen LogP contribution in [-0.2, 0) is 6.42 Å². The highest BCUT2D eigenvalue weighted by molar-refractivity contribution is 5.58. The number of benzene rings is 1. The Balaban J connectivity index is 2.22. The van der Waals surface area contributed by atoms with Crippen LogP contribution >= 0.6 is 0 Å². The quantitative estimate of drug-likeness (QED) is 0.650. The van der Waals surface area contributed by atoms with Crippen molar-refractivity contribution < 1.29 is 9.45 Å². The molecular formula is C12H14N4O3. The topological polar surface area (TPSA) is 108 Å². The Morgan fingerprint density at radius 1 is 1.53 bits per heavy atom. The maximum Gasteiger partial charge on any atom is 0.270 e. The molecule has 0 fully saturated rings. The van der Waals surface area contributed by atoms with Crippen LogP contribution in [0.5, 0.6) is 0 Å². The van der Waals surface area contributed by atoms with Crippen LogP contribution in [-0.4, -0.2) is 21.6 Å². The predicted octanol–water partition coefficient (Wildman–Crippen LogP) is 1.78. The molecule has 2 aromatic rings. The van der Waals surface area contributed by atoms with Crippen LogP contribution in [0.2, 0.25) is 0 Å². The van der Waals surface area contributed by atoms with Gasteiger partial charge in [0, 0.05) is 24.1 Å². The zero-order chi connectivity index (χ0) is 13.8. The highest BCUT2D eigenvalue weighted by Crippen LogP contribution is 2.21. The van der Waals surface area contributed by atoms with Gasteiger partial charge in [0.15, 0.2) is 0 Å². The van der Waals surface area contributed by atoms with Crippen molar-refractivity contribution in [2.75, 3.05) is 6.54 Å². The first-order valence-corrected chi connectivity index (χ1v) is 5.87. The van der Waals surface area contributed by atoms with Gasteiger partial charge in [0.05, 0.1) is 4.92 Å². The first-order valence-electron chi connectivity index (χ1n) is 5.87. The maximum atomic E-state index is 10.7. The van der Waals surface area contributed by atoms with E-state index in [-0.39, 0.29) is 11.6 Å². The largest absolute Gasteiger partial charge is 0.339 e. The van der Waals surface area contributed by atoms with Crippen LogP contribution in [0.15, 0.2) is 28.8 Å². The average molecular weight is 262 g/mol. The molecule has 2 rings (SSSR count). The van der Waals surface area contributed by atoms with Crippen molar-refractivity contribution in [2.45, 2.75) is 13.3 Å². The fraction of sp³-hybridized carbons (Fsp3) is 0.333. The van der Waals surface area contributed by atoms with E-state index in [0.29, 0.717) is 30.2 Å². The monoisotopic (exact) mass is 262 g/mol. The zero-order valence-electron chi connectivity index (χ0n) is 10.4. The predicted molar refractivity (Wildman–Crippen MR) is 68.3 cm³/mol. The molecule has 100 valence electrons. The van der Waals surface area contributed by atoms with Gasteiger partial charge in [-0.1, -0.05) is 24.2 Å². The van der Waals surface area contributed by atoms with Gasteiger partial charge in [-0.25, -0.2) is 0 Å². The first kappa shape index (κ1) is 13.2. The Kier molecular flexibility index (Phi) is 3.86. The Hall–Kier alpha value is -2.28. The van der Waals surface area contributed by atoms with E-state index < -0.39 is 4.92 Å². The van der Waals surface area contributed by atoms with Crippen LogP contribution in [0.4, 0.5) is 5.69 Å².